The number of fused-ring (bicyclic) bond motifs is 2. The van der Waals surface area contributed by atoms with Gasteiger partial charge in [0.15, 0.2) is 0 Å². The number of carbonyl (C=O) groups excluding carboxylic acids is 2. The maximum Gasteiger partial charge on any atom is 0.251 e. The molecule has 4 rings (SSSR count). The van der Waals surface area contributed by atoms with Gasteiger partial charge in [0.2, 0.25) is 5.91 Å². The van der Waals surface area contributed by atoms with Gasteiger partial charge in [0.05, 0.1) is 18.6 Å². The van der Waals surface area contributed by atoms with Gasteiger partial charge in [-0.05, 0) is 24.1 Å². The van der Waals surface area contributed by atoms with Crippen LogP contribution in [0, 0.1) is 5.92 Å². The first-order valence-corrected chi connectivity index (χ1v) is 7.24. The lowest BCUT2D eigenvalue weighted by atomic mass is 9.72. The lowest BCUT2D eigenvalue weighted by Crippen LogP contribution is -2.68. The van der Waals surface area contributed by atoms with Crippen molar-refractivity contribution in [2.75, 3.05) is 11.9 Å². The largest absolute Gasteiger partial charge is 0.376 e. The molecule has 6 nitrogen and oxygen atoms in total. The molecule has 1 saturated carbocycles. The Balaban J connectivity index is 1.48. The summed E-state index contributed by atoms with van der Waals surface area (Å²) in [6, 6.07) is 5.12. The highest BCUT2D eigenvalue weighted by Crippen LogP contribution is 2.37. The third-order valence-corrected chi connectivity index (χ3v) is 4.74. The maximum absolute atomic E-state index is 12.3. The molecule has 4 atom stereocenters. The molecule has 2 fully saturated rings. The van der Waals surface area contributed by atoms with E-state index in [1.54, 1.807) is 12.1 Å². The number of benzene rings is 1. The van der Waals surface area contributed by atoms with Crippen molar-refractivity contribution in [3.8, 4) is 0 Å². The van der Waals surface area contributed by atoms with Gasteiger partial charge in [0.1, 0.15) is 0 Å². The fourth-order valence-corrected chi connectivity index (χ4v) is 3.52. The summed E-state index contributed by atoms with van der Waals surface area (Å²) in [5.74, 6) is 0.161. The zero-order valence-corrected chi connectivity index (χ0v) is 11.5. The van der Waals surface area contributed by atoms with Gasteiger partial charge in [0, 0.05) is 29.8 Å². The molecule has 110 valence electrons. The number of hydrogen-bond acceptors (Lipinski definition) is 4. The SMILES string of the molecule is NC1C2CCOC2C1NC(=O)c1ccc2c(c1)NC(=O)C2. The average molecular weight is 287 g/mol. The number of anilines is 1. The maximum atomic E-state index is 12.3. The van der Waals surface area contributed by atoms with Crippen LogP contribution in [0.4, 0.5) is 5.69 Å². The van der Waals surface area contributed by atoms with Crippen molar-refractivity contribution >= 4 is 17.5 Å². The third-order valence-electron chi connectivity index (χ3n) is 4.74. The number of rotatable bonds is 2. The quantitative estimate of drug-likeness (QED) is 0.715. The summed E-state index contributed by atoms with van der Waals surface area (Å²) >= 11 is 0. The predicted octanol–water partition coefficient (Wildman–Crippen LogP) is 0.0256. The molecule has 1 aliphatic carbocycles. The second-order valence-corrected chi connectivity index (χ2v) is 5.96. The number of carbonyl (C=O) groups is 2. The van der Waals surface area contributed by atoms with E-state index in [2.05, 4.69) is 10.6 Å². The Kier molecular flexibility index (Phi) is 2.77. The smallest absolute Gasteiger partial charge is 0.251 e. The van der Waals surface area contributed by atoms with Crippen LogP contribution in [0.2, 0.25) is 0 Å². The molecule has 0 spiro atoms. The minimum Gasteiger partial charge on any atom is -0.376 e. The highest BCUT2D eigenvalue weighted by Gasteiger charge is 2.52. The first-order valence-electron chi connectivity index (χ1n) is 7.24. The van der Waals surface area contributed by atoms with Crippen LogP contribution in [0.5, 0.6) is 0 Å². The molecule has 0 bridgehead atoms. The second-order valence-electron chi connectivity index (χ2n) is 5.96. The van der Waals surface area contributed by atoms with E-state index in [9.17, 15) is 9.59 Å². The number of nitrogens with two attached hydrogens (primary N) is 1. The van der Waals surface area contributed by atoms with Crippen molar-refractivity contribution in [1.82, 2.24) is 5.32 Å². The number of nitrogens with one attached hydrogen (secondary N) is 2. The van der Waals surface area contributed by atoms with E-state index in [1.807, 2.05) is 6.07 Å². The van der Waals surface area contributed by atoms with Gasteiger partial charge in [-0.15, -0.1) is 0 Å². The molecular formula is C15H17N3O3. The van der Waals surface area contributed by atoms with Crippen LogP contribution in [0.1, 0.15) is 22.3 Å². The molecule has 3 aliphatic rings. The number of ether oxygens (including phenoxy) is 1. The molecule has 2 aliphatic heterocycles. The van der Waals surface area contributed by atoms with E-state index >= 15 is 0 Å². The predicted molar refractivity (Wildman–Crippen MR) is 75.9 cm³/mol. The van der Waals surface area contributed by atoms with Gasteiger partial charge in [0.25, 0.3) is 5.91 Å². The van der Waals surface area contributed by atoms with Gasteiger partial charge < -0.3 is 21.1 Å². The van der Waals surface area contributed by atoms with Crippen LogP contribution in [0.25, 0.3) is 0 Å². The lowest BCUT2D eigenvalue weighted by molar-refractivity contribution is -0.115. The summed E-state index contributed by atoms with van der Waals surface area (Å²) in [7, 11) is 0. The fourth-order valence-electron chi connectivity index (χ4n) is 3.52. The van der Waals surface area contributed by atoms with Crippen molar-refractivity contribution in [3.05, 3.63) is 29.3 Å². The second kappa shape index (κ2) is 4.54. The van der Waals surface area contributed by atoms with Crippen molar-refractivity contribution in [2.24, 2.45) is 11.7 Å². The summed E-state index contributed by atoms with van der Waals surface area (Å²) < 4.78 is 5.61. The molecule has 2 amide bonds. The zero-order chi connectivity index (χ0) is 14.6. The Hall–Kier alpha value is -1.92. The first kappa shape index (κ1) is 12.8. The van der Waals surface area contributed by atoms with Gasteiger partial charge in [-0.1, -0.05) is 6.07 Å². The standard InChI is InChI=1S/C15H17N3O3/c16-12-9-3-4-21-14(9)13(12)18-15(20)8-2-1-7-6-11(19)17-10(7)5-8/h1-2,5,9,12-14H,3-4,6,16H2,(H,17,19)(H,18,20). The van der Waals surface area contributed by atoms with Crippen LogP contribution >= 0.6 is 0 Å². The van der Waals surface area contributed by atoms with E-state index in [1.165, 1.54) is 0 Å². The Labute approximate surface area is 122 Å². The van der Waals surface area contributed by atoms with Crippen LogP contribution in [-0.4, -0.2) is 36.6 Å². The summed E-state index contributed by atoms with van der Waals surface area (Å²) in [5, 5.41) is 5.71. The zero-order valence-electron chi connectivity index (χ0n) is 11.5. The molecule has 1 saturated heterocycles. The summed E-state index contributed by atoms with van der Waals surface area (Å²) in [6.07, 6.45) is 1.41. The van der Waals surface area contributed by atoms with E-state index in [-0.39, 0.29) is 30.0 Å². The van der Waals surface area contributed by atoms with E-state index < -0.39 is 0 Å². The Morgan fingerprint density at radius 2 is 2.29 bits per heavy atom. The molecule has 0 aromatic heterocycles. The van der Waals surface area contributed by atoms with E-state index in [0.29, 0.717) is 17.9 Å². The highest BCUT2D eigenvalue weighted by molar-refractivity contribution is 6.02. The van der Waals surface area contributed by atoms with Gasteiger partial charge in [-0.2, -0.15) is 0 Å². The van der Waals surface area contributed by atoms with Crippen LogP contribution in [-0.2, 0) is 16.0 Å². The normalized spacial score (nSPS) is 32.9. The average Bonchev–Trinajstić information content (AvgIpc) is 3.06. The molecule has 2 heterocycles. The Morgan fingerprint density at radius 3 is 3.14 bits per heavy atom. The summed E-state index contributed by atoms with van der Waals surface area (Å²) in [4.78, 5) is 23.7. The third kappa shape index (κ3) is 1.94. The Bertz CT molecular complexity index is 631. The number of hydrogen-bond donors (Lipinski definition) is 3. The molecule has 1 aromatic rings. The van der Waals surface area contributed by atoms with Gasteiger partial charge in [-0.25, -0.2) is 0 Å². The van der Waals surface area contributed by atoms with E-state index in [4.69, 9.17) is 10.5 Å². The lowest BCUT2D eigenvalue weighted by Gasteiger charge is -2.45. The molecule has 1 aromatic carbocycles. The number of amides is 2. The van der Waals surface area contributed by atoms with Crippen molar-refractivity contribution in [3.63, 3.8) is 0 Å². The minimum atomic E-state index is -0.173. The molecule has 0 radical (unpaired) electrons. The molecule has 21 heavy (non-hydrogen) atoms. The van der Waals surface area contributed by atoms with Crippen LogP contribution in [0.15, 0.2) is 18.2 Å². The fraction of sp³-hybridized carbons (Fsp3) is 0.467. The molecule has 4 N–H and O–H groups in total. The van der Waals surface area contributed by atoms with Gasteiger partial charge in [-0.3, -0.25) is 9.59 Å². The van der Waals surface area contributed by atoms with Gasteiger partial charge >= 0.3 is 0 Å². The molecule has 4 unspecified atom stereocenters. The van der Waals surface area contributed by atoms with Crippen LogP contribution in [0.3, 0.4) is 0 Å². The monoisotopic (exact) mass is 287 g/mol. The topological polar surface area (TPSA) is 93.4 Å². The summed E-state index contributed by atoms with van der Waals surface area (Å²) in [5.41, 5.74) is 8.27. The van der Waals surface area contributed by atoms with Crippen molar-refractivity contribution in [1.29, 1.82) is 0 Å². The highest BCUT2D eigenvalue weighted by atomic mass is 16.5. The molecular weight excluding hydrogens is 270 g/mol. The first-order chi connectivity index (χ1) is 10.1. The van der Waals surface area contributed by atoms with Crippen molar-refractivity contribution < 1.29 is 14.3 Å². The van der Waals surface area contributed by atoms with E-state index in [0.717, 1.165) is 24.3 Å². The minimum absolute atomic E-state index is 0.0319. The van der Waals surface area contributed by atoms with Crippen molar-refractivity contribution in [2.45, 2.75) is 31.0 Å². The molecule has 6 heteroatoms. The summed E-state index contributed by atoms with van der Waals surface area (Å²) in [6.45, 7) is 0.723. The Morgan fingerprint density at radius 1 is 1.43 bits per heavy atom. The van der Waals surface area contributed by atoms with Crippen LogP contribution < -0.4 is 16.4 Å².